The van der Waals surface area contributed by atoms with E-state index in [0.717, 1.165) is 11.1 Å². The first-order valence-corrected chi connectivity index (χ1v) is 13.7. The highest BCUT2D eigenvalue weighted by atomic mass is 35.5. The molecule has 3 heterocycles. The van der Waals surface area contributed by atoms with Gasteiger partial charge in [-0.25, -0.2) is 0 Å². The lowest BCUT2D eigenvalue weighted by molar-refractivity contribution is 0.0714. The Hall–Kier alpha value is -4.95. The van der Waals surface area contributed by atoms with Gasteiger partial charge in [0.05, 0.1) is 24.1 Å². The lowest BCUT2D eigenvalue weighted by Crippen LogP contribution is -2.29. The van der Waals surface area contributed by atoms with Gasteiger partial charge in [-0.15, -0.1) is 0 Å². The van der Waals surface area contributed by atoms with Crippen LogP contribution in [0.4, 0.5) is 0 Å². The number of nitrogens with zero attached hydrogens (tertiary/aromatic N) is 1. The number of hydrogen-bond donors (Lipinski definition) is 0. The van der Waals surface area contributed by atoms with Crippen molar-refractivity contribution in [1.29, 1.82) is 0 Å². The van der Waals surface area contributed by atoms with E-state index in [9.17, 15) is 9.59 Å². The second kappa shape index (κ2) is 10.5. The minimum atomic E-state index is -0.755. The monoisotopic (exact) mass is 581 g/mol. The molecule has 42 heavy (non-hydrogen) atoms. The quantitative estimate of drug-likeness (QED) is 0.216. The van der Waals surface area contributed by atoms with Crippen molar-refractivity contribution in [3.8, 4) is 23.0 Å². The maximum absolute atomic E-state index is 13.9. The van der Waals surface area contributed by atoms with Gasteiger partial charge in [-0.2, -0.15) is 0 Å². The Morgan fingerprint density at radius 3 is 2.55 bits per heavy atom. The SMILES string of the molecule is COc1cc(C2c3c(oc4ccc(Cl)cc4c3=O)C(=O)N2Cc2ccc3c(c2)OCO3)ccc1OCc1ccccc1. The number of amides is 1. The van der Waals surface area contributed by atoms with Crippen molar-refractivity contribution in [1.82, 2.24) is 4.90 Å². The average Bonchev–Trinajstić information content (AvgIpc) is 3.59. The highest BCUT2D eigenvalue weighted by Gasteiger charge is 2.43. The summed E-state index contributed by atoms with van der Waals surface area (Å²) in [5, 5.41) is 0.702. The van der Waals surface area contributed by atoms with Gasteiger partial charge in [-0.1, -0.05) is 54.1 Å². The second-order valence-corrected chi connectivity index (χ2v) is 10.5. The fraction of sp³-hybridized carbons (Fsp3) is 0.152. The highest BCUT2D eigenvalue weighted by Crippen LogP contribution is 2.43. The smallest absolute Gasteiger partial charge is 0.291 e. The molecule has 2 aliphatic heterocycles. The van der Waals surface area contributed by atoms with Crippen LogP contribution in [0.1, 0.15) is 38.9 Å². The zero-order valence-corrected chi connectivity index (χ0v) is 23.2. The maximum atomic E-state index is 13.9. The van der Waals surface area contributed by atoms with Gasteiger partial charge in [0.2, 0.25) is 12.6 Å². The summed E-state index contributed by atoms with van der Waals surface area (Å²) in [4.78, 5) is 29.5. The van der Waals surface area contributed by atoms with Crippen molar-refractivity contribution in [3.05, 3.63) is 128 Å². The van der Waals surface area contributed by atoms with Crippen molar-refractivity contribution in [2.24, 2.45) is 0 Å². The molecule has 1 aromatic heterocycles. The van der Waals surface area contributed by atoms with Gasteiger partial charge in [0.1, 0.15) is 12.2 Å². The number of rotatable bonds is 7. The molecule has 2 aliphatic rings. The molecule has 210 valence electrons. The largest absolute Gasteiger partial charge is 0.493 e. The van der Waals surface area contributed by atoms with E-state index in [0.29, 0.717) is 51.2 Å². The van der Waals surface area contributed by atoms with E-state index in [-0.39, 0.29) is 30.1 Å². The third-order valence-corrected chi connectivity index (χ3v) is 7.69. The highest BCUT2D eigenvalue weighted by molar-refractivity contribution is 6.31. The molecule has 1 atom stereocenters. The van der Waals surface area contributed by atoms with Gasteiger partial charge in [-0.3, -0.25) is 9.59 Å². The van der Waals surface area contributed by atoms with Crippen LogP contribution < -0.4 is 24.4 Å². The third-order valence-electron chi connectivity index (χ3n) is 7.46. The average molecular weight is 582 g/mol. The van der Waals surface area contributed by atoms with Gasteiger partial charge >= 0.3 is 0 Å². The molecule has 0 N–H and O–H groups in total. The molecule has 9 heteroatoms. The summed E-state index contributed by atoms with van der Waals surface area (Å²) in [5.74, 6) is 1.86. The standard InChI is InChI=1S/C33H24ClNO7/c1-38-27-14-21(8-11-25(27)39-17-19-5-3-2-4-6-19)30-29-31(36)23-15-22(34)9-12-24(23)42-32(29)33(37)35(30)16-20-7-10-26-28(13-20)41-18-40-26/h2-15,30H,16-18H2,1H3. The van der Waals surface area contributed by atoms with Crippen LogP contribution in [0.5, 0.6) is 23.0 Å². The van der Waals surface area contributed by atoms with E-state index in [1.54, 1.807) is 42.3 Å². The van der Waals surface area contributed by atoms with Crippen LogP contribution in [0.3, 0.4) is 0 Å². The van der Waals surface area contributed by atoms with E-state index in [2.05, 4.69) is 0 Å². The normalized spacial score (nSPS) is 15.2. The van der Waals surface area contributed by atoms with E-state index in [1.165, 1.54) is 0 Å². The Balaban J connectivity index is 1.32. The molecule has 1 unspecified atom stereocenters. The van der Waals surface area contributed by atoms with E-state index in [1.807, 2.05) is 54.6 Å². The minimum absolute atomic E-state index is 0.00365. The predicted molar refractivity (Wildman–Crippen MR) is 156 cm³/mol. The summed E-state index contributed by atoms with van der Waals surface area (Å²) < 4.78 is 28.8. The summed E-state index contributed by atoms with van der Waals surface area (Å²) in [5.41, 5.74) is 2.71. The van der Waals surface area contributed by atoms with Gasteiger partial charge in [0, 0.05) is 11.6 Å². The summed E-state index contributed by atoms with van der Waals surface area (Å²) in [6, 6.07) is 24.8. The number of fused-ring (bicyclic) bond motifs is 3. The molecule has 7 rings (SSSR count). The van der Waals surface area contributed by atoms with Crippen molar-refractivity contribution >= 4 is 28.5 Å². The lowest BCUT2D eigenvalue weighted by Gasteiger charge is -2.26. The molecule has 0 radical (unpaired) electrons. The third kappa shape index (κ3) is 4.50. The van der Waals surface area contributed by atoms with Crippen LogP contribution >= 0.6 is 11.6 Å². The summed E-state index contributed by atoms with van der Waals surface area (Å²) >= 11 is 6.23. The van der Waals surface area contributed by atoms with Crippen LogP contribution in [-0.4, -0.2) is 24.7 Å². The Labute approximate surface area is 245 Å². The topological polar surface area (TPSA) is 87.4 Å². The van der Waals surface area contributed by atoms with Crippen LogP contribution in [0.2, 0.25) is 5.02 Å². The summed E-state index contributed by atoms with van der Waals surface area (Å²) in [6.45, 7) is 0.685. The number of ether oxygens (including phenoxy) is 4. The first-order chi connectivity index (χ1) is 20.5. The molecule has 0 fully saturated rings. The van der Waals surface area contributed by atoms with Crippen LogP contribution in [0, 0.1) is 0 Å². The Morgan fingerprint density at radius 2 is 1.71 bits per heavy atom. The van der Waals surface area contributed by atoms with Crippen molar-refractivity contribution < 1.29 is 28.2 Å². The first-order valence-electron chi connectivity index (χ1n) is 13.3. The van der Waals surface area contributed by atoms with Crippen LogP contribution in [0.25, 0.3) is 11.0 Å². The molecular formula is C33H24ClNO7. The Morgan fingerprint density at radius 1 is 0.881 bits per heavy atom. The van der Waals surface area contributed by atoms with Crippen LogP contribution in [0.15, 0.2) is 94.1 Å². The summed E-state index contributed by atoms with van der Waals surface area (Å²) in [7, 11) is 1.55. The Kier molecular flexibility index (Phi) is 6.47. The number of hydrogen-bond acceptors (Lipinski definition) is 7. The first kappa shape index (κ1) is 26.0. The molecule has 0 saturated carbocycles. The fourth-order valence-corrected chi connectivity index (χ4v) is 5.62. The minimum Gasteiger partial charge on any atom is -0.493 e. The fourth-order valence-electron chi connectivity index (χ4n) is 5.45. The number of halogens is 1. The molecule has 0 spiro atoms. The zero-order chi connectivity index (χ0) is 28.8. The number of carbonyl (C=O) groups is 1. The van der Waals surface area contributed by atoms with Gasteiger partial charge in [0.15, 0.2) is 28.4 Å². The molecule has 0 bridgehead atoms. The molecule has 1 amide bonds. The number of benzene rings is 4. The van der Waals surface area contributed by atoms with Gasteiger partial charge in [0.25, 0.3) is 5.91 Å². The molecule has 0 aliphatic carbocycles. The van der Waals surface area contributed by atoms with Crippen molar-refractivity contribution in [2.45, 2.75) is 19.2 Å². The predicted octanol–water partition coefficient (Wildman–Crippen LogP) is 6.51. The second-order valence-electron chi connectivity index (χ2n) is 10.0. The van der Waals surface area contributed by atoms with Gasteiger partial charge < -0.3 is 28.3 Å². The van der Waals surface area contributed by atoms with E-state index >= 15 is 0 Å². The maximum Gasteiger partial charge on any atom is 0.291 e. The molecule has 8 nitrogen and oxygen atoms in total. The van der Waals surface area contributed by atoms with E-state index < -0.39 is 11.9 Å². The van der Waals surface area contributed by atoms with Crippen molar-refractivity contribution in [2.75, 3.05) is 13.9 Å². The Bertz CT molecular complexity index is 1900. The molecule has 4 aromatic carbocycles. The molecule has 5 aromatic rings. The number of carbonyl (C=O) groups excluding carboxylic acids is 1. The molecular weight excluding hydrogens is 558 g/mol. The van der Waals surface area contributed by atoms with Crippen LogP contribution in [-0.2, 0) is 13.2 Å². The summed E-state index contributed by atoms with van der Waals surface area (Å²) in [6.07, 6.45) is 0. The van der Waals surface area contributed by atoms with Crippen molar-refractivity contribution in [3.63, 3.8) is 0 Å². The molecule has 0 saturated heterocycles. The van der Waals surface area contributed by atoms with Gasteiger partial charge in [-0.05, 0) is 59.2 Å². The lowest BCUT2D eigenvalue weighted by atomic mass is 9.97. The number of methoxy groups -OCH3 is 1. The van der Waals surface area contributed by atoms with E-state index in [4.69, 9.17) is 35.0 Å². The zero-order valence-electron chi connectivity index (χ0n) is 22.5.